The summed E-state index contributed by atoms with van der Waals surface area (Å²) >= 11 is 0. The lowest BCUT2D eigenvalue weighted by atomic mass is 10.2. The molecule has 0 amide bonds. The first-order valence-corrected chi connectivity index (χ1v) is 4.65. The molecule has 0 spiro atoms. The lowest BCUT2D eigenvalue weighted by Gasteiger charge is -2.22. The van der Waals surface area contributed by atoms with E-state index in [9.17, 15) is 0 Å². The van der Waals surface area contributed by atoms with Gasteiger partial charge in [-0.25, -0.2) is 0 Å². The Balaban J connectivity index is 2.31. The molecule has 1 aromatic rings. The van der Waals surface area contributed by atoms with E-state index >= 15 is 0 Å². The Hall–Kier alpha value is -1.70. The number of anilines is 1. The lowest BCUT2D eigenvalue weighted by molar-refractivity contribution is 0.415. The molecular formula is C12H13NO. The van der Waals surface area contributed by atoms with Crippen LogP contribution in [0.15, 0.2) is 48.7 Å². The van der Waals surface area contributed by atoms with E-state index in [0.29, 0.717) is 0 Å². The lowest BCUT2D eigenvalue weighted by Crippen LogP contribution is -2.17. The first-order chi connectivity index (χ1) is 6.92. The highest BCUT2D eigenvalue weighted by molar-refractivity contribution is 5.61. The SMILES string of the molecule is COc1ccccc1N1C=CC=CC1. The number of methoxy groups -OCH3 is 1. The number of nitrogens with zero attached hydrogens (tertiary/aromatic N) is 1. The summed E-state index contributed by atoms with van der Waals surface area (Å²) in [5, 5.41) is 0. The topological polar surface area (TPSA) is 12.5 Å². The van der Waals surface area contributed by atoms with Gasteiger partial charge >= 0.3 is 0 Å². The van der Waals surface area contributed by atoms with Crippen molar-refractivity contribution in [3.8, 4) is 5.75 Å². The van der Waals surface area contributed by atoms with Crippen molar-refractivity contribution in [3.63, 3.8) is 0 Å². The van der Waals surface area contributed by atoms with Gasteiger partial charge in [0.05, 0.1) is 12.8 Å². The van der Waals surface area contributed by atoms with Gasteiger partial charge in [-0.2, -0.15) is 0 Å². The van der Waals surface area contributed by atoms with Crippen molar-refractivity contribution in [1.82, 2.24) is 0 Å². The monoisotopic (exact) mass is 187 g/mol. The molecule has 1 aromatic carbocycles. The maximum atomic E-state index is 5.30. The summed E-state index contributed by atoms with van der Waals surface area (Å²) in [6.45, 7) is 0.900. The summed E-state index contributed by atoms with van der Waals surface area (Å²) in [5.74, 6) is 0.910. The first-order valence-electron chi connectivity index (χ1n) is 4.65. The van der Waals surface area contributed by atoms with Crippen LogP contribution in [0.25, 0.3) is 0 Å². The second kappa shape index (κ2) is 4.01. The standard InChI is InChI=1S/C12H13NO/c1-14-12-8-4-3-7-11(12)13-9-5-2-6-10-13/h2-9H,10H2,1H3. The van der Waals surface area contributed by atoms with Crippen molar-refractivity contribution in [2.75, 3.05) is 18.6 Å². The third-order valence-electron chi connectivity index (χ3n) is 2.21. The van der Waals surface area contributed by atoms with Gasteiger partial charge in [0.2, 0.25) is 0 Å². The zero-order valence-electron chi connectivity index (χ0n) is 8.18. The number of hydrogen-bond donors (Lipinski definition) is 0. The zero-order valence-corrected chi connectivity index (χ0v) is 8.18. The van der Waals surface area contributed by atoms with Crippen molar-refractivity contribution < 1.29 is 4.74 Å². The Morgan fingerprint density at radius 1 is 1.21 bits per heavy atom. The highest BCUT2D eigenvalue weighted by Crippen LogP contribution is 2.28. The summed E-state index contributed by atoms with van der Waals surface area (Å²) in [5.41, 5.74) is 1.11. The van der Waals surface area contributed by atoms with Gasteiger partial charge in [0.25, 0.3) is 0 Å². The minimum Gasteiger partial charge on any atom is -0.495 e. The first kappa shape index (κ1) is 8.88. The minimum atomic E-state index is 0.900. The van der Waals surface area contributed by atoms with Crippen molar-refractivity contribution >= 4 is 5.69 Å². The molecule has 14 heavy (non-hydrogen) atoms. The van der Waals surface area contributed by atoms with Crippen LogP contribution in [0.1, 0.15) is 0 Å². The number of hydrogen-bond acceptors (Lipinski definition) is 2. The Labute approximate surface area is 84.1 Å². The molecule has 1 aliphatic heterocycles. The van der Waals surface area contributed by atoms with Gasteiger partial charge in [-0.15, -0.1) is 0 Å². The van der Waals surface area contributed by atoms with Crippen molar-refractivity contribution in [2.24, 2.45) is 0 Å². The summed E-state index contributed by atoms with van der Waals surface area (Å²) in [6.07, 6.45) is 8.24. The predicted molar refractivity (Wildman–Crippen MR) is 58.6 cm³/mol. The normalized spacial score (nSPS) is 14.5. The molecule has 0 atom stereocenters. The fraction of sp³-hybridized carbons (Fsp3) is 0.167. The number of para-hydroxylation sites is 2. The van der Waals surface area contributed by atoms with Crippen molar-refractivity contribution in [1.29, 1.82) is 0 Å². The van der Waals surface area contributed by atoms with E-state index in [-0.39, 0.29) is 0 Å². The summed E-state index contributed by atoms with van der Waals surface area (Å²) in [7, 11) is 1.70. The molecule has 2 heteroatoms. The van der Waals surface area contributed by atoms with Gasteiger partial charge in [-0.1, -0.05) is 24.3 Å². The average Bonchev–Trinajstić information content (AvgIpc) is 2.30. The fourth-order valence-corrected chi connectivity index (χ4v) is 1.51. The van der Waals surface area contributed by atoms with Gasteiger partial charge < -0.3 is 9.64 Å². The maximum Gasteiger partial charge on any atom is 0.142 e. The smallest absolute Gasteiger partial charge is 0.142 e. The Bertz CT molecular complexity index is 368. The molecule has 2 nitrogen and oxygen atoms in total. The summed E-state index contributed by atoms with van der Waals surface area (Å²) < 4.78 is 5.30. The highest BCUT2D eigenvalue weighted by Gasteiger charge is 2.08. The van der Waals surface area contributed by atoms with Crippen molar-refractivity contribution in [2.45, 2.75) is 0 Å². The molecule has 0 fully saturated rings. The van der Waals surface area contributed by atoms with Crippen LogP contribution in [-0.2, 0) is 0 Å². The van der Waals surface area contributed by atoms with Crippen LogP contribution >= 0.6 is 0 Å². The number of benzene rings is 1. The van der Waals surface area contributed by atoms with Gasteiger partial charge in [-0.3, -0.25) is 0 Å². The van der Waals surface area contributed by atoms with E-state index in [1.165, 1.54) is 0 Å². The number of rotatable bonds is 2. The molecule has 0 N–H and O–H groups in total. The Morgan fingerprint density at radius 3 is 2.79 bits per heavy atom. The molecule has 0 unspecified atom stereocenters. The quantitative estimate of drug-likeness (QED) is 0.705. The van der Waals surface area contributed by atoms with Crippen LogP contribution in [0, 0.1) is 0 Å². The Kier molecular flexibility index (Phi) is 2.54. The molecule has 72 valence electrons. The van der Waals surface area contributed by atoms with Crippen LogP contribution in [0.5, 0.6) is 5.75 Å². The molecule has 0 aliphatic carbocycles. The molecule has 0 saturated heterocycles. The molecule has 0 bridgehead atoms. The molecule has 2 rings (SSSR count). The van der Waals surface area contributed by atoms with E-state index in [1.807, 2.05) is 30.4 Å². The highest BCUT2D eigenvalue weighted by atomic mass is 16.5. The molecule has 1 heterocycles. The largest absolute Gasteiger partial charge is 0.495 e. The molecule has 0 saturated carbocycles. The molecule has 0 radical (unpaired) electrons. The molecular weight excluding hydrogens is 174 g/mol. The Morgan fingerprint density at radius 2 is 2.07 bits per heavy atom. The predicted octanol–water partition coefficient (Wildman–Crippen LogP) is 2.59. The third-order valence-corrected chi connectivity index (χ3v) is 2.21. The van der Waals surface area contributed by atoms with E-state index in [0.717, 1.165) is 18.0 Å². The average molecular weight is 187 g/mol. The fourth-order valence-electron chi connectivity index (χ4n) is 1.51. The van der Waals surface area contributed by atoms with Crippen LogP contribution in [0.4, 0.5) is 5.69 Å². The van der Waals surface area contributed by atoms with E-state index < -0.39 is 0 Å². The minimum absolute atomic E-state index is 0.900. The molecule has 1 aliphatic rings. The van der Waals surface area contributed by atoms with Gasteiger partial charge in [0.15, 0.2) is 0 Å². The molecule has 0 aromatic heterocycles. The van der Waals surface area contributed by atoms with Gasteiger partial charge in [0.1, 0.15) is 5.75 Å². The summed E-state index contributed by atoms with van der Waals surface area (Å²) in [6, 6.07) is 8.03. The van der Waals surface area contributed by atoms with E-state index in [1.54, 1.807) is 7.11 Å². The third kappa shape index (κ3) is 1.64. The van der Waals surface area contributed by atoms with Crippen LogP contribution < -0.4 is 9.64 Å². The van der Waals surface area contributed by atoms with E-state index in [2.05, 4.69) is 23.2 Å². The van der Waals surface area contributed by atoms with Gasteiger partial charge in [-0.05, 0) is 18.2 Å². The van der Waals surface area contributed by atoms with Crippen LogP contribution in [0.2, 0.25) is 0 Å². The second-order valence-corrected chi connectivity index (χ2v) is 3.09. The van der Waals surface area contributed by atoms with Crippen molar-refractivity contribution in [3.05, 3.63) is 48.7 Å². The van der Waals surface area contributed by atoms with E-state index in [4.69, 9.17) is 4.74 Å². The summed E-state index contributed by atoms with van der Waals surface area (Å²) in [4.78, 5) is 2.15. The van der Waals surface area contributed by atoms with Crippen LogP contribution in [-0.4, -0.2) is 13.7 Å². The second-order valence-electron chi connectivity index (χ2n) is 3.09. The number of ether oxygens (including phenoxy) is 1. The van der Waals surface area contributed by atoms with Gasteiger partial charge in [0, 0.05) is 12.7 Å². The van der Waals surface area contributed by atoms with Crippen LogP contribution in [0.3, 0.4) is 0 Å². The number of allylic oxidation sites excluding steroid dienone is 2. The zero-order chi connectivity index (χ0) is 9.80. The maximum absolute atomic E-state index is 5.30.